The standard InChI is InChI=1S/C25H41NO2/c1-6-7-8-9-12-24(2,3)18-14-21(27)23-19-13-17(16-26)10-11-20(19)25(4,5)28-22(23)15-18/h10,14-15,19-20,22-23,27H,6-9,11-13,16,26H2,1-5H3/t19?,20-,22?,23+/m0/s1. The van der Waals surface area contributed by atoms with E-state index in [2.05, 4.69) is 52.8 Å². The summed E-state index contributed by atoms with van der Waals surface area (Å²) >= 11 is 0. The summed E-state index contributed by atoms with van der Waals surface area (Å²) in [7, 11) is 0. The molecule has 3 N–H and O–H groups in total. The van der Waals surface area contributed by atoms with Gasteiger partial charge in [-0.25, -0.2) is 0 Å². The molecule has 3 rings (SSSR count). The Morgan fingerprint density at radius 1 is 1.25 bits per heavy atom. The zero-order valence-electron chi connectivity index (χ0n) is 18.6. The lowest BCUT2D eigenvalue weighted by Crippen LogP contribution is -2.54. The van der Waals surface area contributed by atoms with Gasteiger partial charge in [0.2, 0.25) is 0 Å². The van der Waals surface area contributed by atoms with E-state index in [1.54, 1.807) is 0 Å². The zero-order valence-corrected chi connectivity index (χ0v) is 18.6. The van der Waals surface area contributed by atoms with Gasteiger partial charge < -0.3 is 15.6 Å². The van der Waals surface area contributed by atoms with E-state index in [1.165, 1.54) is 36.8 Å². The maximum atomic E-state index is 11.1. The zero-order chi connectivity index (χ0) is 20.5. The fraction of sp³-hybridized carbons (Fsp3) is 0.760. The molecule has 0 amide bonds. The van der Waals surface area contributed by atoms with E-state index in [0.717, 1.165) is 19.3 Å². The van der Waals surface area contributed by atoms with Crippen LogP contribution in [0.5, 0.6) is 0 Å². The van der Waals surface area contributed by atoms with Crippen LogP contribution in [0.4, 0.5) is 0 Å². The van der Waals surface area contributed by atoms with Gasteiger partial charge in [0.15, 0.2) is 0 Å². The van der Waals surface area contributed by atoms with E-state index in [-0.39, 0.29) is 23.0 Å². The van der Waals surface area contributed by atoms with E-state index < -0.39 is 0 Å². The molecule has 1 saturated heterocycles. The van der Waals surface area contributed by atoms with E-state index >= 15 is 0 Å². The van der Waals surface area contributed by atoms with Crippen molar-refractivity contribution in [1.82, 2.24) is 0 Å². The highest BCUT2D eigenvalue weighted by molar-refractivity contribution is 5.36. The van der Waals surface area contributed by atoms with Crippen molar-refractivity contribution in [2.24, 2.45) is 28.9 Å². The molecule has 1 fully saturated rings. The number of rotatable bonds is 7. The Morgan fingerprint density at radius 2 is 2.00 bits per heavy atom. The summed E-state index contributed by atoms with van der Waals surface area (Å²) in [4.78, 5) is 0. The molecule has 3 heteroatoms. The first-order valence-electron chi connectivity index (χ1n) is 11.4. The molecule has 0 aromatic rings. The molecule has 0 spiro atoms. The summed E-state index contributed by atoms with van der Waals surface area (Å²) in [6.07, 6.45) is 14.9. The number of ether oxygens (including phenoxy) is 1. The van der Waals surface area contributed by atoms with Crippen molar-refractivity contribution < 1.29 is 9.84 Å². The number of unbranched alkanes of at least 4 members (excludes halogenated alkanes) is 3. The molecule has 0 bridgehead atoms. The molecule has 2 aliphatic carbocycles. The van der Waals surface area contributed by atoms with Gasteiger partial charge in [0.05, 0.1) is 17.5 Å². The van der Waals surface area contributed by atoms with Crippen molar-refractivity contribution >= 4 is 0 Å². The van der Waals surface area contributed by atoms with Crippen LogP contribution in [0.1, 0.15) is 79.6 Å². The summed E-state index contributed by atoms with van der Waals surface area (Å²) in [5.41, 5.74) is 8.40. The number of aliphatic hydroxyl groups is 1. The Balaban J connectivity index is 1.83. The maximum absolute atomic E-state index is 11.1. The summed E-state index contributed by atoms with van der Waals surface area (Å²) in [5, 5.41) is 11.1. The molecule has 158 valence electrons. The van der Waals surface area contributed by atoms with E-state index in [0.29, 0.717) is 24.1 Å². The molecule has 0 aromatic carbocycles. The third-order valence-corrected chi connectivity index (χ3v) is 7.51. The number of fused-ring (bicyclic) bond motifs is 3. The smallest absolute Gasteiger partial charge is 0.0988 e. The molecular weight excluding hydrogens is 346 g/mol. The molecule has 0 radical (unpaired) electrons. The fourth-order valence-electron chi connectivity index (χ4n) is 5.66. The van der Waals surface area contributed by atoms with Crippen LogP contribution in [-0.4, -0.2) is 23.4 Å². The first kappa shape index (κ1) is 21.6. The Morgan fingerprint density at radius 3 is 2.68 bits per heavy atom. The van der Waals surface area contributed by atoms with E-state index in [1.807, 2.05) is 0 Å². The van der Waals surface area contributed by atoms with Crippen LogP contribution in [0.2, 0.25) is 0 Å². The first-order chi connectivity index (χ1) is 13.2. The van der Waals surface area contributed by atoms with Crippen LogP contribution in [0, 0.1) is 23.2 Å². The minimum atomic E-state index is -0.188. The third kappa shape index (κ3) is 4.26. The lowest BCUT2D eigenvalue weighted by atomic mass is 9.61. The topological polar surface area (TPSA) is 55.5 Å². The van der Waals surface area contributed by atoms with Crippen molar-refractivity contribution in [2.75, 3.05) is 6.54 Å². The number of aliphatic hydroxyl groups excluding tert-OH is 1. The van der Waals surface area contributed by atoms with Crippen molar-refractivity contribution in [3.8, 4) is 0 Å². The SMILES string of the molecule is CCCCCCC(C)(C)C1=CC2OC(C)(C)[C@H]3CC=C(CN)CC3[C@@H]2C(O)=C1. The predicted octanol–water partition coefficient (Wildman–Crippen LogP) is 6.07. The van der Waals surface area contributed by atoms with Gasteiger partial charge in [-0.1, -0.05) is 64.2 Å². The Hall–Kier alpha value is -1.06. The minimum Gasteiger partial charge on any atom is -0.512 e. The van der Waals surface area contributed by atoms with Gasteiger partial charge in [0.1, 0.15) is 0 Å². The van der Waals surface area contributed by atoms with Gasteiger partial charge in [-0.3, -0.25) is 0 Å². The lowest BCUT2D eigenvalue weighted by Gasteiger charge is -2.53. The first-order valence-corrected chi connectivity index (χ1v) is 11.4. The highest BCUT2D eigenvalue weighted by Gasteiger charge is 2.52. The predicted molar refractivity (Wildman–Crippen MR) is 117 cm³/mol. The van der Waals surface area contributed by atoms with Gasteiger partial charge in [-0.05, 0) is 62.0 Å². The molecule has 3 aliphatic rings. The van der Waals surface area contributed by atoms with E-state index in [9.17, 15) is 5.11 Å². The number of allylic oxidation sites excluding steroid dienone is 3. The molecule has 2 unspecified atom stereocenters. The lowest BCUT2D eigenvalue weighted by molar-refractivity contribution is -0.177. The van der Waals surface area contributed by atoms with Crippen molar-refractivity contribution in [2.45, 2.75) is 91.3 Å². The number of hydrogen-bond acceptors (Lipinski definition) is 3. The molecular formula is C25H41NO2. The monoisotopic (exact) mass is 387 g/mol. The third-order valence-electron chi connectivity index (χ3n) is 7.51. The quantitative estimate of drug-likeness (QED) is 0.412. The molecule has 4 atom stereocenters. The molecule has 28 heavy (non-hydrogen) atoms. The summed E-state index contributed by atoms with van der Waals surface area (Å²) in [6, 6.07) is 0. The van der Waals surface area contributed by atoms with Crippen LogP contribution in [0.3, 0.4) is 0 Å². The second kappa shape index (κ2) is 8.36. The number of nitrogens with two attached hydrogens (primary N) is 1. The van der Waals surface area contributed by atoms with Crippen LogP contribution in [-0.2, 0) is 4.74 Å². The molecule has 1 aliphatic heterocycles. The Kier molecular flexibility index (Phi) is 6.46. The van der Waals surface area contributed by atoms with Crippen molar-refractivity contribution in [1.29, 1.82) is 0 Å². The van der Waals surface area contributed by atoms with Gasteiger partial charge >= 0.3 is 0 Å². The van der Waals surface area contributed by atoms with E-state index in [4.69, 9.17) is 10.5 Å². The summed E-state index contributed by atoms with van der Waals surface area (Å²) in [6.45, 7) is 11.9. The van der Waals surface area contributed by atoms with Crippen molar-refractivity contribution in [3.63, 3.8) is 0 Å². The van der Waals surface area contributed by atoms with Gasteiger partial charge in [0, 0.05) is 12.5 Å². The largest absolute Gasteiger partial charge is 0.512 e. The average molecular weight is 388 g/mol. The second-order valence-corrected chi connectivity index (χ2v) is 10.4. The van der Waals surface area contributed by atoms with Crippen LogP contribution >= 0.6 is 0 Å². The fourth-order valence-corrected chi connectivity index (χ4v) is 5.66. The highest BCUT2D eigenvalue weighted by atomic mass is 16.5. The number of hydrogen-bond donors (Lipinski definition) is 2. The van der Waals surface area contributed by atoms with Crippen LogP contribution in [0.15, 0.2) is 35.1 Å². The average Bonchev–Trinajstić information content (AvgIpc) is 2.63. The van der Waals surface area contributed by atoms with Gasteiger partial charge in [-0.15, -0.1) is 0 Å². The molecule has 3 nitrogen and oxygen atoms in total. The Labute approximate surface area is 172 Å². The van der Waals surface area contributed by atoms with Crippen molar-refractivity contribution in [3.05, 3.63) is 35.1 Å². The van der Waals surface area contributed by atoms with Gasteiger partial charge in [-0.2, -0.15) is 0 Å². The Bertz CT molecular complexity index is 655. The second-order valence-electron chi connectivity index (χ2n) is 10.4. The maximum Gasteiger partial charge on any atom is 0.0988 e. The minimum absolute atomic E-state index is 0.0386. The normalized spacial score (nSPS) is 32.0. The molecule has 0 saturated carbocycles. The molecule has 0 aromatic heterocycles. The highest BCUT2D eigenvalue weighted by Crippen LogP contribution is 2.52. The summed E-state index contributed by atoms with van der Waals surface area (Å²) in [5.74, 6) is 1.41. The van der Waals surface area contributed by atoms with Crippen LogP contribution < -0.4 is 5.73 Å². The summed E-state index contributed by atoms with van der Waals surface area (Å²) < 4.78 is 6.62. The van der Waals surface area contributed by atoms with Gasteiger partial charge in [0.25, 0.3) is 0 Å². The van der Waals surface area contributed by atoms with Crippen LogP contribution in [0.25, 0.3) is 0 Å². The molecule has 1 heterocycles.